The van der Waals surface area contributed by atoms with Gasteiger partial charge in [-0.15, -0.1) is 0 Å². The SMILES string of the molecule is CCCCN1CCC[C@H]1c1ccc(=O)[nH]c1C. The van der Waals surface area contributed by atoms with Crippen LogP contribution < -0.4 is 5.56 Å². The fourth-order valence-electron chi connectivity index (χ4n) is 2.76. The molecule has 0 unspecified atom stereocenters. The third-order valence-electron chi connectivity index (χ3n) is 3.68. The molecule has 3 heteroatoms. The summed E-state index contributed by atoms with van der Waals surface area (Å²) in [5.74, 6) is 0. The first kappa shape index (κ1) is 12.4. The maximum atomic E-state index is 11.2. The summed E-state index contributed by atoms with van der Waals surface area (Å²) in [7, 11) is 0. The number of pyridine rings is 1. The molecule has 0 radical (unpaired) electrons. The van der Waals surface area contributed by atoms with Gasteiger partial charge in [-0.3, -0.25) is 9.69 Å². The van der Waals surface area contributed by atoms with E-state index in [-0.39, 0.29) is 5.56 Å². The molecule has 1 atom stereocenters. The van der Waals surface area contributed by atoms with E-state index in [0.29, 0.717) is 6.04 Å². The van der Waals surface area contributed by atoms with Gasteiger partial charge in [0.25, 0.3) is 0 Å². The van der Waals surface area contributed by atoms with Gasteiger partial charge in [-0.1, -0.05) is 19.4 Å². The Morgan fingerprint density at radius 2 is 2.29 bits per heavy atom. The van der Waals surface area contributed by atoms with Crippen molar-refractivity contribution in [1.29, 1.82) is 0 Å². The van der Waals surface area contributed by atoms with Crippen molar-refractivity contribution in [1.82, 2.24) is 9.88 Å². The Hall–Kier alpha value is -1.09. The smallest absolute Gasteiger partial charge is 0.248 e. The summed E-state index contributed by atoms with van der Waals surface area (Å²) in [5, 5.41) is 0. The topological polar surface area (TPSA) is 36.1 Å². The number of hydrogen-bond acceptors (Lipinski definition) is 2. The van der Waals surface area contributed by atoms with Crippen molar-refractivity contribution in [3.8, 4) is 0 Å². The molecule has 1 fully saturated rings. The van der Waals surface area contributed by atoms with Gasteiger partial charge in [0.05, 0.1) is 0 Å². The molecule has 1 aromatic heterocycles. The molecular formula is C14H22N2O. The van der Waals surface area contributed by atoms with Crippen LogP contribution in [0.25, 0.3) is 0 Å². The average molecular weight is 234 g/mol. The van der Waals surface area contributed by atoms with E-state index >= 15 is 0 Å². The lowest BCUT2D eigenvalue weighted by molar-refractivity contribution is 0.252. The normalized spacial score (nSPS) is 20.9. The molecule has 17 heavy (non-hydrogen) atoms. The summed E-state index contributed by atoms with van der Waals surface area (Å²) in [6.45, 7) is 6.62. The van der Waals surface area contributed by atoms with Gasteiger partial charge in [-0.05, 0) is 44.8 Å². The zero-order valence-electron chi connectivity index (χ0n) is 10.8. The van der Waals surface area contributed by atoms with E-state index in [9.17, 15) is 4.79 Å². The number of aromatic nitrogens is 1. The van der Waals surface area contributed by atoms with Crippen LogP contribution in [0.2, 0.25) is 0 Å². The molecule has 1 aliphatic heterocycles. The number of aryl methyl sites for hydroxylation is 1. The highest BCUT2D eigenvalue weighted by Crippen LogP contribution is 2.32. The average Bonchev–Trinajstić information content (AvgIpc) is 2.74. The van der Waals surface area contributed by atoms with Crippen molar-refractivity contribution >= 4 is 0 Å². The Bertz CT molecular complexity index is 424. The molecule has 1 aromatic rings. The summed E-state index contributed by atoms with van der Waals surface area (Å²) < 4.78 is 0. The third kappa shape index (κ3) is 2.78. The molecule has 3 nitrogen and oxygen atoms in total. The number of nitrogens with zero attached hydrogens (tertiary/aromatic N) is 1. The first-order chi connectivity index (χ1) is 8.22. The van der Waals surface area contributed by atoms with Crippen LogP contribution in [-0.2, 0) is 0 Å². The quantitative estimate of drug-likeness (QED) is 0.869. The second-order valence-corrected chi connectivity index (χ2v) is 4.95. The predicted octanol–water partition coefficient (Wildman–Crippen LogP) is 2.62. The number of likely N-dealkylation sites (tertiary alicyclic amines) is 1. The molecule has 2 heterocycles. The minimum absolute atomic E-state index is 0.00403. The van der Waals surface area contributed by atoms with Crippen LogP contribution >= 0.6 is 0 Å². The molecule has 0 aromatic carbocycles. The van der Waals surface area contributed by atoms with Crippen LogP contribution in [0, 0.1) is 6.92 Å². The number of nitrogens with one attached hydrogen (secondary N) is 1. The molecule has 1 saturated heterocycles. The maximum absolute atomic E-state index is 11.2. The van der Waals surface area contributed by atoms with Gasteiger partial charge < -0.3 is 4.98 Å². The molecule has 1 aliphatic rings. The van der Waals surface area contributed by atoms with E-state index in [2.05, 4.69) is 16.8 Å². The van der Waals surface area contributed by atoms with Crippen LogP contribution in [-0.4, -0.2) is 23.0 Å². The highest BCUT2D eigenvalue weighted by molar-refractivity contribution is 5.23. The lowest BCUT2D eigenvalue weighted by atomic mass is 10.0. The second-order valence-electron chi connectivity index (χ2n) is 4.95. The predicted molar refractivity (Wildman–Crippen MR) is 70.3 cm³/mol. The molecule has 1 N–H and O–H groups in total. The van der Waals surface area contributed by atoms with Gasteiger partial charge >= 0.3 is 0 Å². The van der Waals surface area contributed by atoms with Gasteiger partial charge in [0.15, 0.2) is 0 Å². The molecular weight excluding hydrogens is 212 g/mol. The zero-order valence-corrected chi connectivity index (χ0v) is 10.8. The van der Waals surface area contributed by atoms with Gasteiger partial charge in [-0.25, -0.2) is 0 Å². The van der Waals surface area contributed by atoms with Crippen molar-refractivity contribution in [3.63, 3.8) is 0 Å². The molecule has 0 spiro atoms. The maximum Gasteiger partial charge on any atom is 0.248 e. The first-order valence-corrected chi connectivity index (χ1v) is 6.66. The first-order valence-electron chi connectivity index (χ1n) is 6.66. The van der Waals surface area contributed by atoms with E-state index in [1.165, 1.54) is 44.3 Å². The molecule has 0 amide bonds. The lowest BCUT2D eigenvalue weighted by Gasteiger charge is -2.25. The monoisotopic (exact) mass is 234 g/mol. The van der Waals surface area contributed by atoms with Crippen LogP contribution in [0.1, 0.15) is 49.9 Å². The van der Waals surface area contributed by atoms with Gasteiger partial charge in [0.2, 0.25) is 5.56 Å². The molecule has 2 rings (SSSR count). The van der Waals surface area contributed by atoms with Gasteiger partial charge in [0, 0.05) is 17.8 Å². The van der Waals surface area contributed by atoms with Crippen LogP contribution in [0.5, 0.6) is 0 Å². The highest BCUT2D eigenvalue weighted by Gasteiger charge is 2.26. The minimum Gasteiger partial charge on any atom is -0.326 e. The summed E-state index contributed by atoms with van der Waals surface area (Å²) in [4.78, 5) is 16.7. The Balaban J connectivity index is 2.17. The van der Waals surface area contributed by atoms with Gasteiger partial charge in [0.1, 0.15) is 0 Å². The number of H-pyrrole nitrogens is 1. The molecule has 94 valence electrons. The highest BCUT2D eigenvalue weighted by atomic mass is 16.1. The number of hydrogen-bond donors (Lipinski definition) is 1. The van der Waals surface area contributed by atoms with Crippen LogP contribution in [0.15, 0.2) is 16.9 Å². The van der Waals surface area contributed by atoms with E-state index in [1.54, 1.807) is 6.07 Å². The van der Waals surface area contributed by atoms with E-state index in [1.807, 2.05) is 13.0 Å². The van der Waals surface area contributed by atoms with Crippen LogP contribution in [0.3, 0.4) is 0 Å². The number of unbranched alkanes of at least 4 members (excludes halogenated alkanes) is 1. The molecule has 0 bridgehead atoms. The van der Waals surface area contributed by atoms with E-state index in [4.69, 9.17) is 0 Å². The standard InChI is InChI=1S/C14H22N2O/c1-3-4-9-16-10-5-6-13(16)12-7-8-14(17)15-11(12)2/h7-8,13H,3-6,9-10H2,1-2H3,(H,15,17)/t13-/m0/s1. The number of rotatable bonds is 4. The molecule has 0 aliphatic carbocycles. The second kappa shape index (κ2) is 5.50. The number of aromatic amines is 1. The van der Waals surface area contributed by atoms with Crippen molar-refractivity contribution in [3.05, 3.63) is 33.7 Å². The van der Waals surface area contributed by atoms with Crippen molar-refractivity contribution in [2.24, 2.45) is 0 Å². The lowest BCUT2D eigenvalue weighted by Crippen LogP contribution is -2.25. The van der Waals surface area contributed by atoms with Gasteiger partial charge in [-0.2, -0.15) is 0 Å². The Morgan fingerprint density at radius 1 is 1.47 bits per heavy atom. The summed E-state index contributed by atoms with van der Waals surface area (Å²) in [5.41, 5.74) is 2.34. The van der Waals surface area contributed by atoms with Crippen molar-refractivity contribution in [2.45, 2.75) is 45.6 Å². The minimum atomic E-state index is 0.00403. The molecule has 0 saturated carbocycles. The largest absolute Gasteiger partial charge is 0.326 e. The fraction of sp³-hybridized carbons (Fsp3) is 0.643. The summed E-state index contributed by atoms with van der Waals surface area (Å²) >= 11 is 0. The van der Waals surface area contributed by atoms with Crippen molar-refractivity contribution in [2.75, 3.05) is 13.1 Å². The zero-order chi connectivity index (χ0) is 12.3. The fourth-order valence-corrected chi connectivity index (χ4v) is 2.76. The Morgan fingerprint density at radius 3 is 3.00 bits per heavy atom. The Kier molecular flexibility index (Phi) is 4.00. The van der Waals surface area contributed by atoms with E-state index < -0.39 is 0 Å². The summed E-state index contributed by atoms with van der Waals surface area (Å²) in [6.07, 6.45) is 5.00. The van der Waals surface area contributed by atoms with Crippen molar-refractivity contribution < 1.29 is 0 Å². The Labute approximate surface area is 103 Å². The summed E-state index contributed by atoms with van der Waals surface area (Å²) in [6, 6.07) is 4.17. The third-order valence-corrected chi connectivity index (χ3v) is 3.68. The van der Waals surface area contributed by atoms with E-state index in [0.717, 1.165) is 5.69 Å². The van der Waals surface area contributed by atoms with Crippen LogP contribution in [0.4, 0.5) is 0 Å².